The van der Waals surface area contributed by atoms with Crippen LogP contribution in [0.1, 0.15) is 104 Å². The monoisotopic (exact) mass is 478 g/mol. The average molecular weight is 479 g/mol. The molecule has 6 unspecified atom stereocenters. The Morgan fingerprint density at radius 1 is 1.00 bits per heavy atom. The first-order valence-corrected chi connectivity index (χ1v) is 14.7. The second-order valence-electron chi connectivity index (χ2n) is 11.6. The Morgan fingerprint density at radius 3 is 2.15 bits per heavy atom. The second kappa shape index (κ2) is 11.9. The summed E-state index contributed by atoms with van der Waals surface area (Å²) in [6.07, 6.45) is 9.45. The molecule has 3 rings (SSSR count). The highest BCUT2D eigenvalue weighted by atomic mass is 32.2. The number of nitrogens with zero attached hydrogens (tertiary/aromatic N) is 3. The van der Waals surface area contributed by atoms with Gasteiger partial charge in [0.2, 0.25) is 0 Å². The maximum absolute atomic E-state index is 6.71. The van der Waals surface area contributed by atoms with E-state index in [0.29, 0.717) is 41.8 Å². The molecular weight excluding hydrogens is 428 g/mol. The van der Waals surface area contributed by atoms with Gasteiger partial charge < -0.3 is 9.72 Å². The molecule has 190 valence electrons. The summed E-state index contributed by atoms with van der Waals surface area (Å²) >= 11 is 1.87. The molecule has 0 aromatic carbocycles. The van der Waals surface area contributed by atoms with E-state index < -0.39 is 0 Å². The summed E-state index contributed by atoms with van der Waals surface area (Å²) in [5.41, 5.74) is 1.54. The van der Waals surface area contributed by atoms with Crippen molar-refractivity contribution in [3.05, 3.63) is 17.7 Å². The Kier molecular flexibility index (Phi) is 9.76. The molecule has 0 saturated carbocycles. The van der Waals surface area contributed by atoms with Gasteiger partial charge in [-0.05, 0) is 56.6 Å². The van der Waals surface area contributed by atoms with Gasteiger partial charge in [0, 0.05) is 49.0 Å². The molecule has 3 heterocycles. The van der Waals surface area contributed by atoms with Crippen molar-refractivity contribution in [3.8, 4) is 0 Å². The Hall–Kier alpha value is -0.560. The molecule has 1 aromatic rings. The van der Waals surface area contributed by atoms with E-state index in [0.717, 1.165) is 18.9 Å². The molecular formula is C27H50N4OS. The highest BCUT2D eigenvalue weighted by molar-refractivity contribution is 7.99. The average Bonchev–Trinajstić information content (AvgIpc) is 3.44. The van der Waals surface area contributed by atoms with Gasteiger partial charge >= 0.3 is 0 Å². The molecule has 0 spiro atoms. The summed E-state index contributed by atoms with van der Waals surface area (Å²) in [6.45, 7) is 20.7. The molecule has 2 fully saturated rings. The number of nitrogens with one attached hydrogen (secondary N) is 1. The first-order chi connectivity index (χ1) is 15.6. The fraction of sp³-hybridized carbons (Fsp3) is 0.889. The highest BCUT2D eigenvalue weighted by Gasteiger charge is 2.44. The number of aromatic amines is 1. The quantitative estimate of drug-likeness (QED) is 0.428. The summed E-state index contributed by atoms with van der Waals surface area (Å²) in [6, 6.07) is 1.82. The van der Waals surface area contributed by atoms with Gasteiger partial charge in [0.25, 0.3) is 0 Å². The number of morpholine rings is 1. The van der Waals surface area contributed by atoms with Gasteiger partial charge in [-0.3, -0.25) is 9.80 Å². The van der Waals surface area contributed by atoms with E-state index in [9.17, 15) is 0 Å². The van der Waals surface area contributed by atoms with Crippen LogP contribution in [0, 0.1) is 11.8 Å². The molecule has 33 heavy (non-hydrogen) atoms. The Labute approximate surface area is 207 Å². The third-order valence-electron chi connectivity index (χ3n) is 8.08. The van der Waals surface area contributed by atoms with Crippen molar-refractivity contribution < 1.29 is 4.74 Å². The molecule has 2 aliphatic rings. The van der Waals surface area contributed by atoms with Crippen LogP contribution in [0.25, 0.3) is 0 Å². The van der Waals surface area contributed by atoms with Crippen molar-refractivity contribution in [1.82, 2.24) is 19.8 Å². The minimum absolute atomic E-state index is 0.208. The molecule has 5 nitrogen and oxygen atoms in total. The van der Waals surface area contributed by atoms with Crippen LogP contribution in [0.15, 0.2) is 6.20 Å². The molecule has 0 aliphatic carbocycles. The number of ether oxygens (including phenoxy) is 1. The lowest BCUT2D eigenvalue weighted by atomic mass is 9.98. The number of H-pyrrole nitrogens is 1. The maximum atomic E-state index is 6.71. The predicted octanol–water partition coefficient (Wildman–Crippen LogP) is 6.30. The number of rotatable bonds is 10. The van der Waals surface area contributed by atoms with E-state index in [1.807, 2.05) is 18.0 Å². The lowest BCUT2D eigenvalue weighted by Gasteiger charge is -2.48. The summed E-state index contributed by atoms with van der Waals surface area (Å²) in [5.74, 6) is 3.41. The van der Waals surface area contributed by atoms with Crippen molar-refractivity contribution in [3.63, 3.8) is 0 Å². The van der Waals surface area contributed by atoms with E-state index in [1.165, 1.54) is 31.4 Å². The standard InChI is InChI=1S/C27H50N4OS/c1-17(2)23-12-13-24(18(3)4)31(23)25-15-30(16-26(32-25)33-9)21(8)11-10-20(7)22-14-28-27(29-22)19(5)6/h14,17-21,23-26H,10-13,15-16H2,1-9H3,(H,28,29). The number of likely N-dealkylation sites (tertiary alicyclic amines) is 1. The Bertz CT molecular complexity index is 705. The number of thioether (sulfide) groups is 1. The highest BCUT2D eigenvalue weighted by Crippen LogP contribution is 2.37. The largest absolute Gasteiger partial charge is 0.347 e. The van der Waals surface area contributed by atoms with Crippen molar-refractivity contribution in [2.75, 3.05) is 19.3 Å². The lowest BCUT2D eigenvalue weighted by molar-refractivity contribution is -0.154. The third-order valence-corrected chi connectivity index (χ3v) is 8.86. The van der Waals surface area contributed by atoms with Crippen LogP contribution < -0.4 is 0 Å². The van der Waals surface area contributed by atoms with Gasteiger partial charge in [0.15, 0.2) is 0 Å². The molecule has 2 aliphatic heterocycles. The molecule has 1 N–H and O–H groups in total. The van der Waals surface area contributed by atoms with Gasteiger partial charge in [0.05, 0.1) is 0 Å². The van der Waals surface area contributed by atoms with Gasteiger partial charge in [-0.15, -0.1) is 11.8 Å². The summed E-state index contributed by atoms with van der Waals surface area (Å²) in [7, 11) is 0. The van der Waals surface area contributed by atoms with Crippen molar-refractivity contribution in [2.45, 2.75) is 123 Å². The lowest BCUT2D eigenvalue weighted by Crippen LogP contribution is -2.59. The number of aromatic nitrogens is 2. The minimum atomic E-state index is 0.208. The van der Waals surface area contributed by atoms with Crippen molar-refractivity contribution in [2.24, 2.45) is 11.8 Å². The normalized spacial score (nSPS) is 29.5. The zero-order valence-electron chi connectivity index (χ0n) is 22.7. The first kappa shape index (κ1) is 27.0. The van der Waals surface area contributed by atoms with Gasteiger partial charge in [-0.1, -0.05) is 48.5 Å². The minimum Gasteiger partial charge on any atom is -0.347 e. The SMILES string of the molecule is CSC1CN(C(C)CCC(C)c2cnc(C(C)C)[nH]2)CC(N2C(C(C)C)CCC2C(C)C)O1. The van der Waals surface area contributed by atoms with E-state index in [1.54, 1.807) is 0 Å². The zero-order valence-corrected chi connectivity index (χ0v) is 23.5. The predicted molar refractivity (Wildman–Crippen MR) is 142 cm³/mol. The second-order valence-corrected chi connectivity index (χ2v) is 12.6. The zero-order chi connectivity index (χ0) is 24.3. The Morgan fingerprint density at radius 2 is 1.64 bits per heavy atom. The van der Waals surface area contributed by atoms with E-state index in [-0.39, 0.29) is 11.7 Å². The summed E-state index contributed by atoms with van der Waals surface area (Å²) < 4.78 is 6.71. The number of hydrogen-bond donors (Lipinski definition) is 1. The number of imidazole rings is 1. The van der Waals surface area contributed by atoms with E-state index >= 15 is 0 Å². The molecule has 0 radical (unpaired) electrons. The van der Waals surface area contributed by atoms with Crippen molar-refractivity contribution in [1.29, 1.82) is 0 Å². The van der Waals surface area contributed by atoms with Crippen LogP contribution in [0.2, 0.25) is 0 Å². The van der Waals surface area contributed by atoms with Gasteiger partial charge in [0.1, 0.15) is 17.5 Å². The van der Waals surface area contributed by atoms with Crippen molar-refractivity contribution >= 4 is 11.8 Å². The maximum Gasteiger partial charge on any atom is 0.125 e. The van der Waals surface area contributed by atoms with Crippen LogP contribution in [-0.4, -0.2) is 68.9 Å². The summed E-state index contributed by atoms with van der Waals surface area (Å²) in [5, 5.41) is 0. The molecule has 0 amide bonds. The van der Waals surface area contributed by atoms with E-state index in [2.05, 4.69) is 81.4 Å². The molecule has 6 atom stereocenters. The molecule has 1 aromatic heterocycles. The number of hydrogen-bond acceptors (Lipinski definition) is 5. The molecule has 6 heteroatoms. The van der Waals surface area contributed by atoms with Gasteiger partial charge in [-0.2, -0.15) is 0 Å². The third kappa shape index (κ3) is 6.56. The first-order valence-electron chi connectivity index (χ1n) is 13.4. The topological polar surface area (TPSA) is 44.4 Å². The molecule has 0 bridgehead atoms. The Balaban J connectivity index is 1.65. The molecule has 2 saturated heterocycles. The van der Waals surface area contributed by atoms with E-state index in [4.69, 9.17) is 4.74 Å². The van der Waals surface area contributed by atoms with Crippen LogP contribution >= 0.6 is 11.8 Å². The van der Waals surface area contributed by atoms with Crippen LogP contribution in [-0.2, 0) is 4.74 Å². The fourth-order valence-corrected chi connectivity index (χ4v) is 6.35. The van der Waals surface area contributed by atoms with Crippen LogP contribution in [0.4, 0.5) is 0 Å². The summed E-state index contributed by atoms with van der Waals surface area (Å²) in [4.78, 5) is 13.6. The van der Waals surface area contributed by atoms with Gasteiger partial charge in [-0.25, -0.2) is 4.98 Å². The smallest absolute Gasteiger partial charge is 0.125 e. The fourth-order valence-electron chi connectivity index (χ4n) is 5.78. The van der Waals surface area contributed by atoms with Crippen LogP contribution in [0.3, 0.4) is 0 Å². The van der Waals surface area contributed by atoms with Crippen LogP contribution in [0.5, 0.6) is 0 Å².